The highest BCUT2D eigenvalue weighted by molar-refractivity contribution is 5.83. The van der Waals surface area contributed by atoms with Crippen molar-refractivity contribution in [3.05, 3.63) is 42.1 Å². The number of carboxylic acids is 1. The molecule has 1 aromatic heterocycles. The minimum Gasteiger partial charge on any atom is -0.481 e. The standard InChI is InChI=1S/C18H21NO2/c1-2-12-8-9-15(18(20)21)16(11-12)13-5-3-7-17-14(13)6-4-10-19-17/h3-7,10,12,15-16H,2,8-9,11H2,1H3,(H,20,21). The van der Waals surface area contributed by atoms with E-state index in [2.05, 4.69) is 24.0 Å². The molecule has 1 N–H and O–H groups in total. The first kappa shape index (κ1) is 14.1. The van der Waals surface area contributed by atoms with Crippen molar-refractivity contribution in [2.45, 2.75) is 38.5 Å². The Morgan fingerprint density at radius 3 is 2.90 bits per heavy atom. The lowest BCUT2D eigenvalue weighted by molar-refractivity contribution is -0.143. The van der Waals surface area contributed by atoms with Gasteiger partial charge in [0, 0.05) is 11.6 Å². The molecule has 3 nitrogen and oxygen atoms in total. The van der Waals surface area contributed by atoms with Gasteiger partial charge in [0.25, 0.3) is 0 Å². The normalized spacial score (nSPS) is 25.9. The van der Waals surface area contributed by atoms with Gasteiger partial charge in [-0.25, -0.2) is 0 Å². The lowest BCUT2D eigenvalue weighted by Gasteiger charge is -2.34. The van der Waals surface area contributed by atoms with Gasteiger partial charge in [0.05, 0.1) is 11.4 Å². The summed E-state index contributed by atoms with van der Waals surface area (Å²) >= 11 is 0. The van der Waals surface area contributed by atoms with Gasteiger partial charge in [0.15, 0.2) is 0 Å². The molecule has 0 aliphatic heterocycles. The van der Waals surface area contributed by atoms with Gasteiger partial charge in [-0.2, -0.15) is 0 Å². The molecule has 0 radical (unpaired) electrons. The van der Waals surface area contributed by atoms with E-state index in [0.717, 1.165) is 42.1 Å². The molecule has 3 rings (SSSR count). The summed E-state index contributed by atoms with van der Waals surface area (Å²) in [6.07, 6.45) is 5.71. The predicted octanol–water partition coefficient (Wildman–Crippen LogP) is 4.23. The molecule has 3 unspecified atom stereocenters. The summed E-state index contributed by atoms with van der Waals surface area (Å²) in [5.41, 5.74) is 2.11. The van der Waals surface area contributed by atoms with E-state index in [4.69, 9.17) is 0 Å². The molecular formula is C18H21NO2. The van der Waals surface area contributed by atoms with Gasteiger partial charge in [-0.15, -0.1) is 0 Å². The quantitative estimate of drug-likeness (QED) is 0.917. The molecule has 1 fully saturated rings. The maximum absolute atomic E-state index is 11.7. The van der Waals surface area contributed by atoms with Crippen LogP contribution in [0.5, 0.6) is 0 Å². The lowest BCUT2D eigenvalue weighted by atomic mass is 9.70. The Morgan fingerprint density at radius 2 is 2.14 bits per heavy atom. The summed E-state index contributed by atoms with van der Waals surface area (Å²) in [5, 5.41) is 10.7. The zero-order chi connectivity index (χ0) is 14.8. The van der Waals surface area contributed by atoms with E-state index >= 15 is 0 Å². The van der Waals surface area contributed by atoms with Gasteiger partial charge >= 0.3 is 5.97 Å². The van der Waals surface area contributed by atoms with Gasteiger partial charge < -0.3 is 5.11 Å². The number of aliphatic carboxylic acids is 1. The summed E-state index contributed by atoms with van der Waals surface area (Å²) in [5.74, 6) is -0.180. The van der Waals surface area contributed by atoms with Crippen LogP contribution in [-0.4, -0.2) is 16.1 Å². The third kappa shape index (κ3) is 2.65. The van der Waals surface area contributed by atoms with Crippen molar-refractivity contribution >= 4 is 16.9 Å². The minimum absolute atomic E-state index is 0.106. The molecule has 0 amide bonds. The molecule has 0 saturated heterocycles. The largest absolute Gasteiger partial charge is 0.481 e. The average molecular weight is 283 g/mol. The van der Waals surface area contributed by atoms with Crippen molar-refractivity contribution in [1.82, 2.24) is 4.98 Å². The first-order chi connectivity index (χ1) is 10.2. The minimum atomic E-state index is -0.657. The highest BCUT2D eigenvalue weighted by Crippen LogP contribution is 2.43. The molecule has 0 spiro atoms. The highest BCUT2D eigenvalue weighted by atomic mass is 16.4. The molecular weight excluding hydrogens is 262 g/mol. The monoisotopic (exact) mass is 283 g/mol. The number of benzene rings is 1. The van der Waals surface area contributed by atoms with Gasteiger partial charge in [-0.3, -0.25) is 9.78 Å². The van der Waals surface area contributed by atoms with Crippen LogP contribution in [0.2, 0.25) is 0 Å². The van der Waals surface area contributed by atoms with Gasteiger partial charge in [-0.05, 0) is 48.8 Å². The van der Waals surface area contributed by atoms with Crippen LogP contribution in [-0.2, 0) is 4.79 Å². The maximum atomic E-state index is 11.7. The zero-order valence-corrected chi connectivity index (χ0v) is 12.3. The third-order valence-electron chi connectivity index (χ3n) is 4.93. The number of hydrogen-bond donors (Lipinski definition) is 1. The second kappa shape index (κ2) is 5.84. The molecule has 0 bridgehead atoms. The van der Waals surface area contributed by atoms with Crippen LogP contribution in [0.15, 0.2) is 36.5 Å². The number of aromatic nitrogens is 1. The molecule has 3 heteroatoms. The zero-order valence-electron chi connectivity index (χ0n) is 12.3. The fraction of sp³-hybridized carbons (Fsp3) is 0.444. The Morgan fingerprint density at radius 1 is 1.29 bits per heavy atom. The molecule has 1 aliphatic carbocycles. The Labute approximate surface area is 125 Å². The van der Waals surface area contributed by atoms with Gasteiger partial charge in [0.2, 0.25) is 0 Å². The van der Waals surface area contributed by atoms with Crippen LogP contribution in [0.4, 0.5) is 0 Å². The average Bonchev–Trinajstić information content (AvgIpc) is 2.53. The molecule has 1 aromatic carbocycles. The fourth-order valence-electron chi connectivity index (χ4n) is 3.72. The van der Waals surface area contributed by atoms with E-state index in [1.807, 2.05) is 18.2 Å². The predicted molar refractivity (Wildman–Crippen MR) is 83.2 cm³/mol. The summed E-state index contributed by atoms with van der Waals surface area (Å²) < 4.78 is 0. The van der Waals surface area contributed by atoms with Crippen molar-refractivity contribution < 1.29 is 9.90 Å². The number of pyridine rings is 1. The summed E-state index contributed by atoms with van der Waals surface area (Å²) in [6.45, 7) is 2.20. The molecule has 2 aromatic rings. The number of nitrogens with zero attached hydrogens (tertiary/aromatic N) is 1. The van der Waals surface area contributed by atoms with Crippen molar-refractivity contribution in [2.75, 3.05) is 0 Å². The lowest BCUT2D eigenvalue weighted by Crippen LogP contribution is -2.29. The topological polar surface area (TPSA) is 50.2 Å². The van der Waals surface area contributed by atoms with E-state index < -0.39 is 5.97 Å². The van der Waals surface area contributed by atoms with Crippen LogP contribution in [0.1, 0.15) is 44.1 Å². The van der Waals surface area contributed by atoms with Crippen molar-refractivity contribution in [2.24, 2.45) is 11.8 Å². The van der Waals surface area contributed by atoms with Gasteiger partial charge in [0.1, 0.15) is 0 Å². The SMILES string of the molecule is CCC1CCC(C(=O)O)C(c2cccc3ncccc23)C1. The van der Waals surface area contributed by atoms with Crippen molar-refractivity contribution in [1.29, 1.82) is 0 Å². The first-order valence-electron chi connectivity index (χ1n) is 7.77. The van der Waals surface area contributed by atoms with Crippen molar-refractivity contribution in [3.63, 3.8) is 0 Å². The van der Waals surface area contributed by atoms with E-state index in [1.54, 1.807) is 6.20 Å². The molecule has 1 saturated carbocycles. The smallest absolute Gasteiger partial charge is 0.307 e. The van der Waals surface area contributed by atoms with Crippen LogP contribution < -0.4 is 0 Å². The number of fused-ring (bicyclic) bond motifs is 1. The molecule has 1 heterocycles. The van der Waals surface area contributed by atoms with E-state index in [1.165, 1.54) is 0 Å². The number of rotatable bonds is 3. The van der Waals surface area contributed by atoms with E-state index in [-0.39, 0.29) is 11.8 Å². The molecule has 21 heavy (non-hydrogen) atoms. The van der Waals surface area contributed by atoms with Crippen LogP contribution in [0.25, 0.3) is 10.9 Å². The highest BCUT2D eigenvalue weighted by Gasteiger charge is 2.36. The Hall–Kier alpha value is -1.90. The van der Waals surface area contributed by atoms with Gasteiger partial charge in [-0.1, -0.05) is 31.5 Å². The second-order valence-electron chi connectivity index (χ2n) is 6.06. The third-order valence-corrected chi connectivity index (χ3v) is 4.93. The van der Waals surface area contributed by atoms with Crippen LogP contribution >= 0.6 is 0 Å². The summed E-state index contributed by atoms with van der Waals surface area (Å²) in [7, 11) is 0. The Kier molecular flexibility index (Phi) is 3.91. The van der Waals surface area contributed by atoms with Crippen LogP contribution in [0, 0.1) is 11.8 Å². The number of hydrogen-bond acceptors (Lipinski definition) is 2. The fourth-order valence-corrected chi connectivity index (χ4v) is 3.72. The Balaban J connectivity index is 2.06. The first-order valence-corrected chi connectivity index (χ1v) is 7.77. The second-order valence-corrected chi connectivity index (χ2v) is 6.06. The molecule has 1 aliphatic rings. The van der Waals surface area contributed by atoms with Crippen LogP contribution in [0.3, 0.4) is 0 Å². The Bertz CT molecular complexity index is 647. The number of carboxylic acid groups (broad SMARTS) is 1. The maximum Gasteiger partial charge on any atom is 0.307 e. The van der Waals surface area contributed by atoms with Crippen molar-refractivity contribution in [3.8, 4) is 0 Å². The summed E-state index contributed by atoms with van der Waals surface area (Å²) in [4.78, 5) is 16.1. The van der Waals surface area contributed by atoms with E-state index in [9.17, 15) is 9.90 Å². The van der Waals surface area contributed by atoms with E-state index in [0.29, 0.717) is 5.92 Å². The summed E-state index contributed by atoms with van der Waals surface area (Å²) in [6, 6.07) is 10.1. The number of carbonyl (C=O) groups is 1. The molecule has 110 valence electrons. The molecule has 3 atom stereocenters.